The minimum Gasteiger partial charge on any atom is -0.347 e. The van der Waals surface area contributed by atoms with Crippen molar-refractivity contribution in [1.82, 2.24) is 5.32 Å². The highest BCUT2D eigenvalue weighted by Crippen LogP contribution is 2.22. The summed E-state index contributed by atoms with van der Waals surface area (Å²) in [5, 5.41) is 2.90. The largest absolute Gasteiger partial charge is 0.347 e. The van der Waals surface area contributed by atoms with E-state index in [1.165, 1.54) is 19.1 Å². The smallest absolute Gasteiger partial charge is 0.244 e. The number of nitrogens with one attached hydrogen (secondary N) is 1. The number of amides is 1. The Bertz CT molecular complexity index is 839. The molecule has 0 spiro atoms. The minimum atomic E-state index is -3.73. The van der Waals surface area contributed by atoms with Gasteiger partial charge >= 0.3 is 0 Å². The van der Waals surface area contributed by atoms with Crippen LogP contribution < -0.4 is 9.62 Å². The molecule has 0 bridgehead atoms. The highest BCUT2D eigenvalue weighted by atomic mass is 32.2. The molecule has 1 N–H and O–H groups in total. The molecule has 0 unspecified atom stereocenters. The van der Waals surface area contributed by atoms with Gasteiger partial charge in [0.2, 0.25) is 15.9 Å². The van der Waals surface area contributed by atoms with E-state index in [0.29, 0.717) is 6.42 Å². The summed E-state index contributed by atoms with van der Waals surface area (Å²) in [6.07, 6.45) is 1.69. The van der Waals surface area contributed by atoms with Crippen molar-refractivity contribution >= 4 is 21.6 Å². The predicted octanol–water partition coefficient (Wildman–Crippen LogP) is 3.25. The molecule has 1 amide bonds. The topological polar surface area (TPSA) is 66.5 Å². The Labute approximate surface area is 153 Å². The highest BCUT2D eigenvalue weighted by Gasteiger charge is 2.30. The molecule has 5 nitrogen and oxygen atoms in total. The van der Waals surface area contributed by atoms with Crippen LogP contribution in [0.25, 0.3) is 0 Å². The Morgan fingerprint density at radius 1 is 1.12 bits per heavy atom. The first-order valence-electron chi connectivity index (χ1n) is 8.34. The molecule has 2 aromatic carbocycles. The molecule has 0 heterocycles. The van der Waals surface area contributed by atoms with Crippen LogP contribution in [-0.2, 0) is 14.8 Å². The molecule has 0 radical (unpaired) electrons. The van der Waals surface area contributed by atoms with Gasteiger partial charge in [0.25, 0.3) is 0 Å². The summed E-state index contributed by atoms with van der Waals surface area (Å²) >= 11 is 0. The molecule has 0 aliphatic rings. The van der Waals surface area contributed by atoms with Crippen molar-refractivity contribution in [2.24, 2.45) is 0 Å². The first-order valence-corrected chi connectivity index (χ1v) is 10.2. The van der Waals surface area contributed by atoms with Gasteiger partial charge < -0.3 is 5.32 Å². The Morgan fingerprint density at radius 3 is 2.19 bits per heavy atom. The second-order valence-corrected chi connectivity index (χ2v) is 7.95. The van der Waals surface area contributed by atoms with Crippen LogP contribution >= 0.6 is 0 Å². The van der Waals surface area contributed by atoms with Crippen LogP contribution in [0.5, 0.6) is 0 Å². The fraction of sp³-hybridized carbons (Fsp3) is 0.316. The molecule has 0 saturated heterocycles. The summed E-state index contributed by atoms with van der Waals surface area (Å²) in [5.74, 6) is -0.898. The van der Waals surface area contributed by atoms with E-state index in [4.69, 9.17) is 0 Å². The van der Waals surface area contributed by atoms with Crippen LogP contribution in [0, 0.1) is 5.82 Å². The van der Waals surface area contributed by atoms with E-state index in [0.717, 1.165) is 28.3 Å². The number of carbonyl (C=O) groups is 1. The maximum Gasteiger partial charge on any atom is 0.244 e. The van der Waals surface area contributed by atoms with Crippen LogP contribution in [0.1, 0.15) is 31.9 Å². The summed E-state index contributed by atoms with van der Waals surface area (Å²) in [6, 6.07) is 13.3. The van der Waals surface area contributed by atoms with E-state index in [1.54, 1.807) is 0 Å². The molecular formula is C19H23FN2O3S. The Morgan fingerprint density at radius 2 is 1.69 bits per heavy atom. The van der Waals surface area contributed by atoms with E-state index in [-0.39, 0.29) is 11.7 Å². The van der Waals surface area contributed by atoms with Crippen molar-refractivity contribution in [3.8, 4) is 0 Å². The first kappa shape index (κ1) is 19.9. The second kappa shape index (κ2) is 8.31. The van der Waals surface area contributed by atoms with E-state index in [9.17, 15) is 17.6 Å². The fourth-order valence-electron chi connectivity index (χ4n) is 2.80. The zero-order valence-corrected chi connectivity index (χ0v) is 15.8. The number of rotatable bonds is 7. The number of hydrogen-bond acceptors (Lipinski definition) is 3. The number of halogens is 1. The molecular weight excluding hydrogens is 355 g/mol. The van der Waals surface area contributed by atoms with Gasteiger partial charge in [-0.15, -0.1) is 0 Å². The molecule has 7 heteroatoms. The quantitative estimate of drug-likeness (QED) is 0.804. The molecule has 2 aromatic rings. The number of sulfonamides is 1. The second-order valence-electron chi connectivity index (χ2n) is 6.09. The summed E-state index contributed by atoms with van der Waals surface area (Å²) < 4.78 is 38.6. The maximum atomic E-state index is 13.2. The monoisotopic (exact) mass is 378 g/mol. The lowest BCUT2D eigenvalue weighted by Gasteiger charge is -2.29. The number of benzene rings is 2. The zero-order chi connectivity index (χ0) is 19.3. The lowest BCUT2D eigenvalue weighted by atomic mass is 10.0. The van der Waals surface area contributed by atoms with Gasteiger partial charge in [0.15, 0.2) is 0 Å². The fourth-order valence-corrected chi connectivity index (χ4v) is 3.97. The van der Waals surface area contributed by atoms with Crippen LogP contribution in [0.3, 0.4) is 0 Å². The zero-order valence-electron chi connectivity index (χ0n) is 15.0. The molecule has 0 aromatic heterocycles. The maximum absolute atomic E-state index is 13.2. The van der Waals surface area contributed by atoms with Crippen molar-refractivity contribution in [1.29, 1.82) is 0 Å². The number of hydrogen-bond donors (Lipinski definition) is 1. The molecule has 140 valence electrons. The van der Waals surface area contributed by atoms with Gasteiger partial charge in [-0.2, -0.15) is 0 Å². The third-order valence-electron chi connectivity index (χ3n) is 4.10. The van der Waals surface area contributed by atoms with Gasteiger partial charge in [0, 0.05) is 0 Å². The molecule has 0 aliphatic heterocycles. The van der Waals surface area contributed by atoms with Gasteiger partial charge in [0.05, 0.1) is 18.0 Å². The van der Waals surface area contributed by atoms with Gasteiger partial charge in [-0.05, 0) is 43.2 Å². The molecule has 0 fully saturated rings. The van der Waals surface area contributed by atoms with Crippen molar-refractivity contribution < 1.29 is 17.6 Å². The highest BCUT2D eigenvalue weighted by molar-refractivity contribution is 7.92. The lowest BCUT2D eigenvalue weighted by molar-refractivity contribution is -0.122. The van der Waals surface area contributed by atoms with Gasteiger partial charge in [0.1, 0.15) is 11.9 Å². The van der Waals surface area contributed by atoms with Crippen molar-refractivity contribution in [3.63, 3.8) is 0 Å². The van der Waals surface area contributed by atoms with Gasteiger partial charge in [-0.3, -0.25) is 9.10 Å². The summed E-state index contributed by atoms with van der Waals surface area (Å²) in [4.78, 5) is 12.7. The average Bonchev–Trinajstić information content (AvgIpc) is 2.60. The first-order chi connectivity index (χ1) is 12.2. The normalized spacial score (nSPS) is 13.7. The van der Waals surface area contributed by atoms with Crippen LogP contribution in [0.15, 0.2) is 54.6 Å². The third kappa shape index (κ3) is 4.82. The van der Waals surface area contributed by atoms with Crippen LogP contribution in [-0.4, -0.2) is 26.6 Å². The Balaban J connectivity index is 2.26. The van der Waals surface area contributed by atoms with Crippen molar-refractivity contribution in [2.45, 2.75) is 32.4 Å². The average molecular weight is 378 g/mol. The molecule has 0 saturated carbocycles. The Hall–Kier alpha value is -2.41. The van der Waals surface area contributed by atoms with Crippen LogP contribution in [0.2, 0.25) is 0 Å². The number of carbonyl (C=O) groups excluding carboxylic acids is 1. The summed E-state index contributed by atoms with van der Waals surface area (Å²) in [7, 11) is -3.73. The van der Waals surface area contributed by atoms with Crippen LogP contribution in [0.4, 0.5) is 10.1 Å². The molecule has 2 atom stereocenters. The number of nitrogens with zero attached hydrogens (tertiary/aromatic N) is 1. The van der Waals surface area contributed by atoms with E-state index in [2.05, 4.69) is 5.32 Å². The molecule has 26 heavy (non-hydrogen) atoms. The van der Waals surface area contributed by atoms with Crippen molar-refractivity contribution in [2.75, 3.05) is 10.6 Å². The van der Waals surface area contributed by atoms with Crippen molar-refractivity contribution in [3.05, 3.63) is 66.0 Å². The lowest BCUT2D eigenvalue weighted by Crippen LogP contribution is -2.48. The molecule has 2 rings (SSSR count). The number of anilines is 1. The Kier molecular flexibility index (Phi) is 6.37. The van der Waals surface area contributed by atoms with E-state index < -0.39 is 27.8 Å². The summed E-state index contributed by atoms with van der Waals surface area (Å²) in [6.45, 7) is 3.45. The van der Waals surface area contributed by atoms with Gasteiger partial charge in [-0.25, -0.2) is 12.8 Å². The van der Waals surface area contributed by atoms with E-state index >= 15 is 0 Å². The molecule has 0 aliphatic carbocycles. The minimum absolute atomic E-state index is 0.222. The SMILES string of the molecule is CC[C@@H](NC(=O)[C@H](C)N(c1ccc(F)cc1)S(C)(=O)=O)c1ccccc1. The van der Waals surface area contributed by atoms with Gasteiger partial charge in [-0.1, -0.05) is 37.3 Å². The summed E-state index contributed by atoms with van der Waals surface area (Å²) in [5.41, 5.74) is 1.19. The third-order valence-corrected chi connectivity index (χ3v) is 5.34. The van der Waals surface area contributed by atoms with E-state index in [1.807, 2.05) is 37.3 Å². The standard InChI is InChI=1S/C19H23FN2O3S/c1-4-18(15-8-6-5-7-9-15)21-19(23)14(2)22(26(3,24)25)17-12-10-16(20)11-13-17/h5-14,18H,4H2,1-3H3,(H,21,23)/t14-,18+/m0/s1. The predicted molar refractivity (Wildman–Crippen MR) is 101 cm³/mol.